The predicted molar refractivity (Wildman–Crippen MR) is 188 cm³/mol. The fraction of sp³-hybridized carbons (Fsp3) is 0.550. The van der Waals surface area contributed by atoms with Crippen molar-refractivity contribution in [2.45, 2.75) is 110 Å². The molecule has 48 heavy (non-hydrogen) atoms. The fourth-order valence-electron chi connectivity index (χ4n) is 5.17. The van der Waals surface area contributed by atoms with Crippen LogP contribution < -0.4 is 0 Å². The molecule has 0 radical (unpaired) electrons. The van der Waals surface area contributed by atoms with Gasteiger partial charge in [0.1, 0.15) is 6.61 Å². The highest BCUT2D eigenvalue weighted by Crippen LogP contribution is 2.17. The second kappa shape index (κ2) is 26.2. The van der Waals surface area contributed by atoms with Crippen molar-refractivity contribution in [3.8, 4) is 0 Å². The SMILES string of the molecule is C=C(C)C(=O)OCCOCCCC(=O)OCCCCCCCCCCCCCCCCOC(=O)c1ccccc1C(=O)c1ccccc1. The van der Waals surface area contributed by atoms with Crippen LogP contribution in [0.3, 0.4) is 0 Å². The number of benzene rings is 2. The molecule has 2 rings (SSSR count). The zero-order chi connectivity index (χ0) is 34.7. The molecule has 0 aliphatic heterocycles. The van der Waals surface area contributed by atoms with Gasteiger partial charge in [0.25, 0.3) is 0 Å². The Labute approximate surface area is 287 Å². The Morgan fingerprint density at radius 2 is 1.02 bits per heavy atom. The molecule has 8 heteroatoms. The highest BCUT2D eigenvalue weighted by Gasteiger charge is 2.18. The van der Waals surface area contributed by atoms with Crippen LogP contribution in [0, 0.1) is 0 Å². The van der Waals surface area contributed by atoms with Crippen molar-refractivity contribution in [3.05, 3.63) is 83.4 Å². The number of unbranched alkanes of at least 4 members (excludes halogenated alkanes) is 13. The zero-order valence-corrected chi connectivity index (χ0v) is 29.0. The van der Waals surface area contributed by atoms with Crippen LogP contribution in [0.25, 0.3) is 0 Å². The van der Waals surface area contributed by atoms with Gasteiger partial charge < -0.3 is 18.9 Å². The molecule has 0 fully saturated rings. The van der Waals surface area contributed by atoms with E-state index in [0.29, 0.717) is 61.5 Å². The Morgan fingerprint density at radius 3 is 1.58 bits per heavy atom. The van der Waals surface area contributed by atoms with Gasteiger partial charge in [-0.2, -0.15) is 0 Å². The van der Waals surface area contributed by atoms with Gasteiger partial charge in [0.2, 0.25) is 0 Å². The lowest BCUT2D eigenvalue weighted by Crippen LogP contribution is -2.13. The van der Waals surface area contributed by atoms with E-state index in [-0.39, 0.29) is 18.4 Å². The van der Waals surface area contributed by atoms with Gasteiger partial charge in [-0.1, -0.05) is 132 Å². The molecule has 0 aliphatic carbocycles. The fourth-order valence-corrected chi connectivity index (χ4v) is 5.17. The maximum Gasteiger partial charge on any atom is 0.338 e. The van der Waals surface area contributed by atoms with E-state index < -0.39 is 11.9 Å². The van der Waals surface area contributed by atoms with Gasteiger partial charge in [-0.3, -0.25) is 9.59 Å². The second-order valence-electron chi connectivity index (χ2n) is 12.2. The van der Waals surface area contributed by atoms with Crippen molar-refractivity contribution < 1.29 is 38.1 Å². The molecule has 0 saturated carbocycles. The van der Waals surface area contributed by atoms with Gasteiger partial charge in [-0.15, -0.1) is 0 Å². The standard InChI is InChI=1S/C40H56O8/c1-33(2)39(43)48-32-31-45-28-22-27-37(41)46-29-20-13-11-9-7-5-3-4-6-8-10-12-14-21-30-47-40(44)36-26-19-18-25-35(36)38(42)34-23-16-15-17-24-34/h15-19,23-26H,1,3-14,20-22,27-32H2,2H3. The van der Waals surface area contributed by atoms with Crippen LogP contribution in [0.1, 0.15) is 136 Å². The number of carbonyl (C=O) groups excluding carboxylic acids is 4. The minimum atomic E-state index is -0.440. The molecule has 264 valence electrons. The largest absolute Gasteiger partial charge is 0.466 e. The van der Waals surface area contributed by atoms with Crippen molar-refractivity contribution in [1.29, 1.82) is 0 Å². The second-order valence-corrected chi connectivity index (χ2v) is 12.2. The number of ether oxygens (including phenoxy) is 4. The quantitative estimate of drug-likeness (QED) is 0.0292. The summed E-state index contributed by atoms with van der Waals surface area (Å²) in [6.45, 7) is 6.87. The van der Waals surface area contributed by atoms with Crippen LogP contribution in [0.15, 0.2) is 66.7 Å². The number of hydrogen-bond acceptors (Lipinski definition) is 8. The molecule has 8 nitrogen and oxygen atoms in total. The maximum absolute atomic E-state index is 12.9. The van der Waals surface area contributed by atoms with Gasteiger partial charge in [0, 0.05) is 29.7 Å². The molecule has 0 bridgehead atoms. The molecule has 0 N–H and O–H groups in total. The molecular weight excluding hydrogens is 608 g/mol. The summed E-state index contributed by atoms with van der Waals surface area (Å²) in [4.78, 5) is 48.6. The molecular formula is C40H56O8. The van der Waals surface area contributed by atoms with E-state index in [1.165, 1.54) is 57.8 Å². The van der Waals surface area contributed by atoms with E-state index in [0.717, 1.165) is 32.1 Å². The number of hydrogen-bond donors (Lipinski definition) is 0. The summed E-state index contributed by atoms with van der Waals surface area (Å²) in [5.74, 6) is -1.23. The van der Waals surface area contributed by atoms with Crippen molar-refractivity contribution >= 4 is 23.7 Å². The van der Waals surface area contributed by atoms with Crippen LogP contribution in [0.2, 0.25) is 0 Å². The van der Waals surface area contributed by atoms with E-state index >= 15 is 0 Å². The van der Waals surface area contributed by atoms with Crippen LogP contribution in [-0.4, -0.2) is 56.7 Å². The molecule has 2 aromatic carbocycles. The van der Waals surface area contributed by atoms with Gasteiger partial charge >= 0.3 is 17.9 Å². The van der Waals surface area contributed by atoms with Crippen molar-refractivity contribution in [2.75, 3.05) is 33.0 Å². The smallest absolute Gasteiger partial charge is 0.338 e. The van der Waals surface area contributed by atoms with E-state index in [1.807, 2.05) is 18.2 Å². The first-order chi connectivity index (χ1) is 23.4. The lowest BCUT2D eigenvalue weighted by Gasteiger charge is -2.09. The topological polar surface area (TPSA) is 105 Å². The Bertz CT molecular complexity index is 1220. The van der Waals surface area contributed by atoms with Crippen molar-refractivity contribution in [3.63, 3.8) is 0 Å². The van der Waals surface area contributed by atoms with Crippen LogP contribution in [0.5, 0.6) is 0 Å². The van der Waals surface area contributed by atoms with E-state index in [1.54, 1.807) is 43.3 Å². The lowest BCUT2D eigenvalue weighted by atomic mass is 9.98. The third-order valence-corrected chi connectivity index (χ3v) is 7.94. The Hall–Kier alpha value is -3.78. The van der Waals surface area contributed by atoms with Crippen LogP contribution in [0.4, 0.5) is 0 Å². The minimum absolute atomic E-state index is 0.175. The predicted octanol–water partition coefficient (Wildman–Crippen LogP) is 9.00. The van der Waals surface area contributed by atoms with Crippen LogP contribution >= 0.6 is 0 Å². The monoisotopic (exact) mass is 664 g/mol. The summed E-state index contributed by atoms with van der Waals surface area (Å²) in [7, 11) is 0. The molecule has 0 amide bonds. The highest BCUT2D eigenvalue weighted by atomic mass is 16.6. The van der Waals surface area contributed by atoms with Gasteiger partial charge in [0.05, 0.1) is 25.4 Å². The molecule has 0 saturated heterocycles. The number of carbonyl (C=O) groups is 4. The summed E-state index contributed by atoms with van der Waals surface area (Å²) in [5, 5.41) is 0. The number of esters is 3. The Morgan fingerprint density at radius 1 is 0.521 bits per heavy atom. The summed E-state index contributed by atoms with van der Waals surface area (Å²) in [6, 6.07) is 15.8. The first-order valence-corrected chi connectivity index (χ1v) is 17.8. The third-order valence-electron chi connectivity index (χ3n) is 7.94. The summed E-state index contributed by atoms with van der Waals surface area (Å²) < 4.78 is 21.1. The maximum atomic E-state index is 12.9. The molecule has 0 unspecified atom stereocenters. The third kappa shape index (κ3) is 18.5. The number of ketones is 1. The lowest BCUT2D eigenvalue weighted by molar-refractivity contribution is -0.144. The average molecular weight is 665 g/mol. The molecule has 0 aliphatic rings. The first-order valence-electron chi connectivity index (χ1n) is 17.8. The molecule has 0 atom stereocenters. The first kappa shape index (κ1) is 40.4. The average Bonchev–Trinajstić information content (AvgIpc) is 3.10. The van der Waals surface area contributed by atoms with Crippen molar-refractivity contribution in [1.82, 2.24) is 0 Å². The Kier molecular flexibility index (Phi) is 22.1. The number of rotatable bonds is 28. The van der Waals surface area contributed by atoms with E-state index in [4.69, 9.17) is 18.9 Å². The van der Waals surface area contributed by atoms with Gasteiger partial charge in [-0.05, 0) is 32.3 Å². The molecule has 0 spiro atoms. The van der Waals surface area contributed by atoms with Crippen LogP contribution in [-0.2, 0) is 28.5 Å². The van der Waals surface area contributed by atoms with E-state index in [2.05, 4.69) is 6.58 Å². The summed E-state index contributed by atoms with van der Waals surface area (Å²) in [6.07, 6.45) is 17.1. The Balaban J connectivity index is 1.33. The summed E-state index contributed by atoms with van der Waals surface area (Å²) in [5.41, 5.74) is 1.61. The van der Waals surface area contributed by atoms with Gasteiger partial charge in [-0.25, -0.2) is 9.59 Å². The van der Waals surface area contributed by atoms with E-state index in [9.17, 15) is 19.2 Å². The molecule has 0 aromatic heterocycles. The van der Waals surface area contributed by atoms with Gasteiger partial charge in [0.15, 0.2) is 5.78 Å². The normalized spacial score (nSPS) is 10.8. The molecule has 2 aromatic rings. The minimum Gasteiger partial charge on any atom is -0.466 e. The zero-order valence-electron chi connectivity index (χ0n) is 29.0. The highest BCUT2D eigenvalue weighted by molar-refractivity contribution is 6.14. The molecule has 0 heterocycles. The summed E-state index contributed by atoms with van der Waals surface area (Å²) >= 11 is 0. The van der Waals surface area contributed by atoms with Crippen molar-refractivity contribution in [2.24, 2.45) is 0 Å².